The fraction of sp³-hybridized carbons (Fsp3) is 0.333. The van der Waals surface area contributed by atoms with Gasteiger partial charge in [0.2, 0.25) is 0 Å². The molecule has 0 spiro atoms. The first-order chi connectivity index (χ1) is 8.32. The second kappa shape index (κ2) is 5.66. The average Bonchev–Trinajstić information content (AvgIpc) is 2.27. The highest BCUT2D eigenvalue weighted by Crippen LogP contribution is 2.31. The molecule has 0 saturated carbocycles. The number of halogens is 3. The van der Waals surface area contributed by atoms with E-state index < -0.39 is 17.7 Å². The van der Waals surface area contributed by atoms with Gasteiger partial charge in [-0.25, -0.2) is 0 Å². The van der Waals surface area contributed by atoms with Crippen LogP contribution >= 0.6 is 0 Å². The number of alkyl halides is 3. The molecule has 0 N–H and O–H groups in total. The topological polar surface area (TPSA) is 38.7 Å². The number of benzene rings is 1. The van der Waals surface area contributed by atoms with Crippen LogP contribution in [0, 0.1) is 0 Å². The van der Waals surface area contributed by atoms with Gasteiger partial charge in [-0.05, 0) is 25.1 Å². The van der Waals surface area contributed by atoms with Crippen LogP contribution in [-0.4, -0.2) is 18.8 Å². The second-order valence-corrected chi connectivity index (χ2v) is 3.65. The Labute approximate surface area is 102 Å². The van der Waals surface area contributed by atoms with Gasteiger partial charge in [0.25, 0.3) is 0 Å². The van der Waals surface area contributed by atoms with E-state index in [9.17, 15) is 18.0 Å². The first-order valence-electron chi connectivity index (χ1n) is 5.11. The smallest absolute Gasteiger partial charge is 0.416 e. The summed E-state index contributed by atoms with van der Waals surface area (Å²) in [7, 11) is 1.24. The van der Waals surface area contributed by atoms with Gasteiger partial charge in [0.05, 0.1) is 24.8 Å². The number of rotatable bonds is 3. The van der Waals surface area contributed by atoms with Crippen LogP contribution in [0.5, 0.6) is 0 Å². The molecule has 0 aromatic heterocycles. The van der Waals surface area contributed by atoms with Gasteiger partial charge >= 0.3 is 12.1 Å². The third kappa shape index (κ3) is 4.20. The normalized spacial score (nSPS) is 12.4. The Morgan fingerprint density at radius 2 is 2.06 bits per heavy atom. The Bertz CT molecular complexity index is 467. The highest BCUT2D eigenvalue weighted by Gasteiger charge is 2.30. The Hall–Kier alpha value is -1.85. The van der Waals surface area contributed by atoms with Crippen LogP contribution in [0.15, 0.2) is 29.3 Å². The van der Waals surface area contributed by atoms with Gasteiger partial charge in [-0.1, -0.05) is 6.07 Å². The van der Waals surface area contributed by atoms with Crippen molar-refractivity contribution in [1.82, 2.24) is 0 Å². The number of hydrogen-bond donors (Lipinski definition) is 0. The minimum Gasteiger partial charge on any atom is -0.469 e. The minimum absolute atomic E-state index is 0.0489. The van der Waals surface area contributed by atoms with Crippen molar-refractivity contribution in [2.24, 2.45) is 4.99 Å². The Morgan fingerprint density at radius 1 is 1.39 bits per heavy atom. The van der Waals surface area contributed by atoms with Crippen LogP contribution in [0.4, 0.5) is 18.9 Å². The molecule has 0 aliphatic rings. The molecule has 3 nitrogen and oxygen atoms in total. The summed E-state index contributed by atoms with van der Waals surface area (Å²) in [5.74, 6) is -0.483. The summed E-state index contributed by atoms with van der Waals surface area (Å²) >= 11 is 0. The van der Waals surface area contributed by atoms with E-state index in [2.05, 4.69) is 9.73 Å². The van der Waals surface area contributed by atoms with Crippen molar-refractivity contribution in [2.45, 2.75) is 19.5 Å². The van der Waals surface area contributed by atoms with E-state index in [0.29, 0.717) is 5.71 Å². The number of aliphatic imine (C=N–C) groups is 1. The van der Waals surface area contributed by atoms with Crippen molar-refractivity contribution in [1.29, 1.82) is 0 Å². The van der Waals surface area contributed by atoms with E-state index in [1.54, 1.807) is 6.92 Å². The van der Waals surface area contributed by atoms with Crippen molar-refractivity contribution in [3.05, 3.63) is 29.8 Å². The van der Waals surface area contributed by atoms with Crippen LogP contribution in [0.2, 0.25) is 0 Å². The van der Waals surface area contributed by atoms with Crippen molar-refractivity contribution in [3.63, 3.8) is 0 Å². The summed E-state index contributed by atoms with van der Waals surface area (Å²) in [5.41, 5.74) is -0.220. The molecule has 18 heavy (non-hydrogen) atoms. The Balaban J connectivity index is 2.91. The molecule has 6 heteroatoms. The molecule has 0 aliphatic carbocycles. The monoisotopic (exact) mass is 259 g/mol. The summed E-state index contributed by atoms with van der Waals surface area (Å²) < 4.78 is 41.8. The SMILES string of the molecule is COC(=O)CC(C)=Nc1cccc(C(F)(F)F)c1. The highest BCUT2D eigenvalue weighted by atomic mass is 19.4. The number of carbonyl (C=O) groups is 1. The van der Waals surface area contributed by atoms with Gasteiger partial charge in [0.1, 0.15) is 0 Å². The first-order valence-corrected chi connectivity index (χ1v) is 5.11. The fourth-order valence-corrected chi connectivity index (χ4v) is 1.29. The molecular weight excluding hydrogens is 247 g/mol. The van der Waals surface area contributed by atoms with Crippen LogP contribution in [-0.2, 0) is 15.7 Å². The number of methoxy groups -OCH3 is 1. The lowest BCUT2D eigenvalue weighted by Gasteiger charge is -2.07. The average molecular weight is 259 g/mol. The number of ether oxygens (including phenoxy) is 1. The van der Waals surface area contributed by atoms with Crippen molar-refractivity contribution < 1.29 is 22.7 Å². The van der Waals surface area contributed by atoms with E-state index in [0.717, 1.165) is 12.1 Å². The van der Waals surface area contributed by atoms with Gasteiger partial charge in [0.15, 0.2) is 0 Å². The summed E-state index contributed by atoms with van der Waals surface area (Å²) in [6.07, 6.45) is -4.45. The number of carbonyl (C=O) groups excluding carboxylic acids is 1. The summed E-state index contributed by atoms with van der Waals surface area (Å²) in [6, 6.07) is 4.61. The van der Waals surface area contributed by atoms with Crippen molar-refractivity contribution in [3.8, 4) is 0 Å². The molecule has 0 atom stereocenters. The predicted octanol–water partition coefficient (Wildman–Crippen LogP) is 3.36. The number of nitrogens with zero attached hydrogens (tertiary/aromatic N) is 1. The van der Waals surface area contributed by atoms with E-state index in [1.165, 1.54) is 19.2 Å². The molecule has 1 aromatic rings. The standard InChI is InChI=1S/C12H12F3NO2/c1-8(6-11(17)18-2)16-10-5-3-4-9(7-10)12(13,14)15/h3-5,7H,6H2,1-2H3. The minimum atomic E-state index is -4.40. The van der Waals surface area contributed by atoms with Gasteiger partial charge < -0.3 is 4.74 Å². The van der Waals surface area contributed by atoms with E-state index in [-0.39, 0.29) is 12.1 Å². The van der Waals surface area contributed by atoms with Crippen LogP contribution in [0.3, 0.4) is 0 Å². The van der Waals surface area contributed by atoms with Crippen LogP contribution < -0.4 is 0 Å². The van der Waals surface area contributed by atoms with Gasteiger partial charge in [-0.3, -0.25) is 9.79 Å². The molecule has 0 heterocycles. The fourth-order valence-electron chi connectivity index (χ4n) is 1.29. The van der Waals surface area contributed by atoms with Crippen LogP contribution in [0.25, 0.3) is 0 Å². The molecule has 0 fully saturated rings. The third-order valence-corrected chi connectivity index (χ3v) is 2.12. The zero-order valence-electron chi connectivity index (χ0n) is 9.91. The first kappa shape index (κ1) is 14.2. The maximum atomic E-state index is 12.4. The van der Waals surface area contributed by atoms with E-state index >= 15 is 0 Å². The lowest BCUT2D eigenvalue weighted by molar-refractivity contribution is -0.139. The lowest BCUT2D eigenvalue weighted by Crippen LogP contribution is -2.06. The van der Waals surface area contributed by atoms with E-state index in [1.807, 2.05) is 0 Å². The summed E-state index contributed by atoms with van der Waals surface area (Å²) in [6.45, 7) is 1.55. The Kier molecular flexibility index (Phi) is 4.47. The Morgan fingerprint density at radius 3 is 2.61 bits per heavy atom. The molecule has 0 saturated heterocycles. The summed E-state index contributed by atoms with van der Waals surface area (Å²) in [5, 5.41) is 0. The number of esters is 1. The third-order valence-electron chi connectivity index (χ3n) is 2.12. The molecular formula is C12H12F3NO2. The van der Waals surface area contributed by atoms with E-state index in [4.69, 9.17) is 0 Å². The zero-order valence-corrected chi connectivity index (χ0v) is 9.91. The summed E-state index contributed by atoms with van der Waals surface area (Å²) in [4.78, 5) is 14.9. The molecule has 0 bridgehead atoms. The predicted molar refractivity (Wildman–Crippen MR) is 60.8 cm³/mol. The van der Waals surface area contributed by atoms with Crippen molar-refractivity contribution >= 4 is 17.4 Å². The number of hydrogen-bond acceptors (Lipinski definition) is 3. The largest absolute Gasteiger partial charge is 0.469 e. The molecule has 1 aromatic carbocycles. The highest BCUT2D eigenvalue weighted by molar-refractivity contribution is 5.98. The maximum absolute atomic E-state index is 12.4. The molecule has 1 rings (SSSR count). The molecule has 0 aliphatic heterocycles. The quantitative estimate of drug-likeness (QED) is 0.616. The molecule has 0 unspecified atom stereocenters. The van der Waals surface area contributed by atoms with Gasteiger partial charge in [0, 0.05) is 5.71 Å². The molecule has 0 amide bonds. The second-order valence-electron chi connectivity index (χ2n) is 3.65. The van der Waals surface area contributed by atoms with Crippen LogP contribution in [0.1, 0.15) is 18.9 Å². The maximum Gasteiger partial charge on any atom is 0.416 e. The zero-order chi connectivity index (χ0) is 13.8. The molecule has 98 valence electrons. The van der Waals surface area contributed by atoms with Gasteiger partial charge in [-0.15, -0.1) is 0 Å². The van der Waals surface area contributed by atoms with Crippen molar-refractivity contribution in [2.75, 3.05) is 7.11 Å². The molecule has 0 radical (unpaired) electrons. The lowest BCUT2D eigenvalue weighted by atomic mass is 10.2. The van der Waals surface area contributed by atoms with Gasteiger partial charge in [-0.2, -0.15) is 13.2 Å².